The lowest BCUT2D eigenvalue weighted by Gasteiger charge is -2.35. The van der Waals surface area contributed by atoms with Gasteiger partial charge in [0.2, 0.25) is 0 Å². The van der Waals surface area contributed by atoms with Crippen LogP contribution in [0.2, 0.25) is 0 Å². The standard InChI is InChI=1S/C14H25NO4/c1-9(2)8-12-14(5,19-13(17)15-12)10(3)6-7-18-11(4)16/h9-10,12H,6-8H2,1-5H3,(H,15,17)/t10-,12-,14-/m1/s1. The highest BCUT2D eigenvalue weighted by Crippen LogP contribution is 2.35. The Morgan fingerprint density at radius 1 is 1.47 bits per heavy atom. The number of carbonyl (C=O) groups is 2. The number of nitrogens with one attached hydrogen (secondary N) is 1. The van der Waals surface area contributed by atoms with Crippen molar-refractivity contribution in [2.24, 2.45) is 11.8 Å². The average Bonchev–Trinajstić information content (AvgIpc) is 2.53. The van der Waals surface area contributed by atoms with Crippen LogP contribution < -0.4 is 5.32 Å². The summed E-state index contributed by atoms with van der Waals surface area (Å²) in [5.74, 6) is 0.319. The van der Waals surface area contributed by atoms with Gasteiger partial charge in [0.25, 0.3) is 0 Å². The summed E-state index contributed by atoms with van der Waals surface area (Å²) in [4.78, 5) is 22.3. The molecule has 0 aliphatic carbocycles. The third kappa shape index (κ3) is 4.11. The van der Waals surface area contributed by atoms with Crippen molar-refractivity contribution in [2.75, 3.05) is 6.61 Å². The van der Waals surface area contributed by atoms with Gasteiger partial charge in [0.05, 0.1) is 12.6 Å². The number of carbonyl (C=O) groups excluding carboxylic acids is 2. The SMILES string of the molecule is CC(=O)OCC[C@@H](C)[C@@]1(C)OC(=O)N[C@@H]1CC(C)C. The molecule has 1 fully saturated rings. The number of esters is 1. The number of hydrogen-bond acceptors (Lipinski definition) is 4. The van der Waals surface area contributed by atoms with Crippen LogP contribution in [0.15, 0.2) is 0 Å². The van der Waals surface area contributed by atoms with Crippen LogP contribution in [-0.4, -0.2) is 30.3 Å². The summed E-state index contributed by atoms with van der Waals surface area (Å²) in [5, 5.41) is 2.89. The molecule has 0 aromatic carbocycles. The lowest BCUT2D eigenvalue weighted by molar-refractivity contribution is -0.141. The molecule has 0 aromatic heterocycles. The highest BCUT2D eigenvalue weighted by atomic mass is 16.6. The normalized spacial score (nSPS) is 27.9. The predicted molar refractivity (Wildman–Crippen MR) is 71.7 cm³/mol. The van der Waals surface area contributed by atoms with Crippen LogP contribution in [0.5, 0.6) is 0 Å². The van der Waals surface area contributed by atoms with Crippen LogP contribution in [0.1, 0.15) is 47.5 Å². The van der Waals surface area contributed by atoms with Gasteiger partial charge in [-0.1, -0.05) is 20.8 Å². The van der Waals surface area contributed by atoms with Crippen molar-refractivity contribution in [2.45, 2.75) is 59.1 Å². The second kappa shape index (κ2) is 6.26. The summed E-state index contributed by atoms with van der Waals surface area (Å²) in [6, 6.07) is 0.00679. The summed E-state index contributed by atoms with van der Waals surface area (Å²) in [5.41, 5.74) is -0.540. The van der Waals surface area contributed by atoms with E-state index in [9.17, 15) is 9.59 Å². The molecule has 5 heteroatoms. The summed E-state index contributed by atoms with van der Waals surface area (Å²) < 4.78 is 10.5. The molecule has 110 valence electrons. The summed E-state index contributed by atoms with van der Waals surface area (Å²) in [6.07, 6.45) is 1.20. The topological polar surface area (TPSA) is 64.6 Å². The number of ether oxygens (including phenoxy) is 2. The minimum Gasteiger partial charge on any atom is -0.466 e. The summed E-state index contributed by atoms with van der Waals surface area (Å²) in [7, 11) is 0. The Morgan fingerprint density at radius 3 is 2.63 bits per heavy atom. The fourth-order valence-electron chi connectivity index (χ4n) is 2.46. The van der Waals surface area contributed by atoms with E-state index in [0.717, 1.165) is 6.42 Å². The number of rotatable bonds is 6. The maximum absolute atomic E-state index is 11.5. The fourth-order valence-corrected chi connectivity index (χ4v) is 2.46. The third-order valence-electron chi connectivity index (χ3n) is 3.84. The molecule has 1 saturated heterocycles. The molecule has 0 unspecified atom stereocenters. The minimum absolute atomic E-state index is 0.00679. The van der Waals surface area contributed by atoms with E-state index < -0.39 is 5.60 Å². The van der Waals surface area contributed by atoms with Gasteiger partial charge in [-0.2, -0.15) is 0 Å². The molecule has 0 bridgehead atoms. The molecule has 3 atom stereocenters. The second-order valence-electron chi connectivity index (χ2n) is 5.93. The number of amides is 1. The smallest absolute Gasteiger partial charge is 0.408 e. The van der Waals surface area contributed by atoms with E-state index in [2.05, 4.69) is 19.2 Å². The van der Waals surface area contributed by atoms with E-state index in [-0.39, 0.29) is 24.0 Å². The lowest BCUT2D eigenvalue weighted by Crippen LogP contribution is -2.47. The van der Waals surface area contributed by atoms with E-state index in [0.29, 0.717) is 18.9 Å². The molecule has 1 N–H and O–H groups in total. The first-order valence-electron chi connectivity index (χ1n) is 6.88. The molecular weight excluding hydrogens is 246 g/mol. The van der Waals surface area contributed by atoms with Crippen LogP contribution in [0.4, 0.5) is 4.79 Å². The lowest BCUT2D eigenvalue weighted by atomic mass is 9.79. The number of hydrogen-bond donors (Lipinski definition) is 1. The average molecular weight is 271 g/mol. The van der Waals surface area contributed by atoms with Crippen LogP contribution in [-0.2, 0) is 14.3 Å². The molecule has 0 aromatic rings. The van der Waals surface area contributed by atoms with E-state index in [1.807, 2.05) is 13.8 Å². The van der Waals surface area contributed by atoms with Gasteiger partial charge < -0.3 is 14.8 Å². The van der Waals surface area contributed by atoms with E-state index in [4.69, 9.17) is 9.47 Å². The molecule has 1 aliphatic rings. The highest BCUT2D eigenvalue weighted by molar-refractivity contribution is 5.71. The molecule has 0 saturated carbocycles. The van der Waals surface area contributed by atoms with Gasteiger partial charge in [-0.25, -0.2) is 4.79 Å². The van der Waals surface area contributed by atoms with Crippen molar-refractivity contribution in [3.63, 3.8) is 0 Å². The van der Waals surface area contributed by atoms with Gasteiger partial charge in [0.15, 0.2) is 0 Å². The molecule has 5 nitrogen and oxygen atoms in total. The number of alkyl carbamates (subject to hydrolysis) is 1. The predicted octanol–water partition coefficient (Wildman–Crippen LogP) is 2.49. The van der Waals surface area contributed by atoms with Crippen LogP contribution in [0.3, 0.4) is 0 Å². The van der Waals surface area contributed by atoms with Gasteiger partial charge in [-0.15, -0.1) is 0 Å². The molecule has 0 spiro atoms. The van der Waals surface area contributed by atoms with Crippen molar-refractivity contribution < 1.29 is 19.1 Å². The van der Waals surface area contributed by atoms with E-state index in [1.165, 1.54) is 6.92 Å². The Bertz CT molecular complexity index is 342. The maximum atomic E-state index is 11.5. The molecule has 0 radical (unpaired) electrons. The molecular formula is C14H25NO4. The Balaban J connectivity index is 2.64. The van der Waals surface area contributed by atoms with Gasteiger partial charge in [0.1, 0.15) is 5.60 Å². The summed E-state index contributed by atoms with van der Waals surface area (Å²) in [6.45, 7) is 9.97. The van der Waals surface area contributed by atoms with E-state index in [1.54, 1.807) is 0 Å². The van der Waals surface area contributed by atoms with Crippen LogP contribution in [0.25, 0.3) is 0 Å². The van der Waals surface area contributed by atoms with Gasteiger partial charge in [-0.3, -0.25) is 4.79 Å². The largest absolute Gasteiger partial charge is 0.466 e. The first-order valence-corrected chi connectivity index (χ1v) is 6.88. The monoisotopic (exact) mass is 271 g/mol. The summed E-state index contributed by atoms with van der Waals surface area (Å²) >= 11 is 0. The first kappa shape index (κ1) is 15.8. The molecule has 19 heavy (non-hydrogen) atoms. The van der Waals surface area contributed by atoms with Crippen molar-refractivity contribution in [3.05, 3.63) is 0 Å². The Morgan fingerprint density at radius 2 is 2.11 bits per heavy atom. The second-order valence-corrected chi connectivity index (χ2v) is 5.93. The zero-order chi connectivity index (χ0) is 14.6. The Hall–Kier alpha value is -1.26. The zero-order valence-corrected chi connectivity index (χ0v) is 12.5. The van der Waals surface area contributed by atoms with Gasteiger partial charge in [0, 0.05) is 12.8 Å². The van der Waals surface area contributed by atoms with Gasteiger partial charge in [-0.05, 0) is 25.7 Å². The zero-order valence-electron chi connectivity index (χ0n) is 12.5. The molecule has 1 amide bonds. The maximum Gasteiger partial charge on any atom is 0.408 e. The Labute approximate surface area is 115 Å². The molecule has 1 rings (SSSR count). The molecule has 1 heterocycles. The quantitative estimate of drug-likeness (QED) is 0.754. The Kier molecular flexibility index (Phi) is 5.20. The number of cyclic esters (lactones) is 1. The van der Waals surface area contributed by atoms with Gasteiger partial charge >= 0.3 is 12.1 Å². The van der Waals surface area contributed by atoms with Crippen molar-refractivity contribution in [1.82, 2.24) is 5.32 Å². The third-order valence-corrected chi connectivity index (χ3v) is 3.84. The van der Waals surface area contributed by atoms with E-state index >= 15 is 0 Å². The van der Waals surface area contributed by atoms with Crippen molar-refractivity contribution >= 4 is 12.1 Å². The fraction of sp³-hybridized carbons (Fsp3) is 0.857. The van der Waals surface area contributed by atoms with Crippen LogP contribution in [0, 0.1) is 11.8 Å². The van der Waals surface area contributed by atoms with Crippen molar-refractivity contribution in [3.8, 4) is 0 Å². The molecule has 1 aliphatic heterocycles. The highest BCUT2D eigenvalue weighted by Gasteiger charge is 2.48. The van der Waals surface area contributed by atoms with Crippen LogP contribution >= 0.6 is 0 Å². The first-order chi connectivity index (χ1) is 8.75. The van der Waals surface area contributed by atoms with Crippen molar-refractivity contribution in [1.29, 1.82) is 0 Å². The minimum atomic E-state index is -0.540.